The highest BCUT2D eigenvalue weighted by molar-refractivity contribution is 5.45. The molecule has 0 saturated heterocycles. The van der Waals surface area contributed by atoms with Crippen LogP contribution in [0.3, 0.4) is 0 Å². The Morgan fingerprint density at radius 2 is 1.74 bits per heavy atom. The predicted molar refractivity (Wildman–Crippen MR) is 81.0 cm³/mol. The van der Waals surface area contributed by atoms with Crippen LogP contribution in [0.2, 0.25) is 0 Å². The van der Waals surface area contributed by atoms with Gasteiger partial charge in [-0.3, -0.25) is 0 Å². The van der Waals surface area contributed by atoms with Gasteiger partial charge in [-0.2, -0.15) is 0 Å². The summed E-state index contributed by atoms with van der Waals surface area (Å²) in [4.78, 5) is 0. The Morgan fingerprint density at radius 1 is 0.947 bits per heavy atom. The minimum atomic E-state index is 0.738. The van der Waals surface area contributed by atoms with Crippen LogP contribution in [0.4, 0.5) is 5.69 Å². The van der Waals surface area contributed by atoms with Gasteiger partial charge in [-0.05, 0) is 50.1 Å². The molecule has 0 amide bonds. The van der Waals surface area contributed by atoms with Crippen molar-refractivity contribution in [3.63, 3.8) is 0 Å². The molecule has 0 radical (unpaired) electrons. The Balaban J connectivity index is 1.66. The van der Waals surface area contributed by atoms with E-state index in [1.807, 2.05) is 12.1 Å². The lowest BCUT2D eigenvalue weighted by Crippen LogP contribution is -2.07. The SMILES string of the molecule is Cc1ccc(OCCCNc2cccc(C)c2)cc1. The molecule has 0 heterocycles. The smallest absolute Gasteiger partial charge is 0.119 e. The number of hydrogen-bond donors (Lipinski definition) is 1. The van der Waals surface area contributed by atoms with Crippen LogP contribution in [0.1, 0.15) is 17.5 Å². The van der Waals surface area contributed by atoms with Crippen molar-refractivity contribution >= 4 is 5.69 Å². The number of hydrogen-bond acceptors (Lipinski definition) is 2. The van der Waals surface area contributed by atoms with Crippen LogP contribution in [0.15, 0.2) is 48.5 Å². The molecule has 2 nitrogen and oxygen atoms in total. The predicted octanol–water partition coefficient (Wildman–Crippen LogP) is 4.18. The van der Waals surface area contributed by atoms with Crippen molar-refractivity contribution in [1.29, 1.82) is 0 Å². The molecule has 2 rings (SSSR count). The Hall–Kier alpha value is -1.96. The molecule has 2 heteroatoms. The molecule has 0 aliphatic heterocycles. The maximum Gasteiger partial charge on any atom is 0.119 e. The van der Waals surface area contributed by atoms with Crippen molar-refractivity contribution in [2.24, 2.45) is 0 Å². The zero-order chi connectivity index (χ0) is 13.5. The van der Waals surface area contributed by atoms with Crippen LogP contribution in [-0.2, 0) is 0 Å². The molecule has 0 fully saturated rings. The van der Waals surface area contributed by atoms with Gasteiger partial charge in [-0.15, -0.1) is 0 Å². The molecular weight excluding hydrogens is 234 g/mol. The third-order valence-corrected chi connectivity index (χ3v) is 2.96. The molecule has 19 heavy (non-hydrogen) atoms. The number of anilines is 1. The normalized spacial score (nSPS) is 10.2. The summed E-state index contributed by atoms with van der Waals surface area (Å²) in [6.45, 7) is 5.85. The Kier molecular flexibility index (Phi) is 4.85. The molecule has 0 spiro atoms. The van der Waals surface area contributed by atoms with Crippen LogP contribution < -0.4 is 10.1 Å². The van der Waals surface area contributed by atoms with Gasteiger partial charge < -0.3 is 10.1 Å². The lowest BCUT2D eigenvalue weighted by molar-refractivity contribution is 0.315. The summed E-state index contributed by atoms with van der Waals surface area (Å²) >= 11 is 0. The van der Waals surface area contributed by atoms with Crippen molar-refractivity contribution in [1.82, 2.24) is 0 Å². The maximum absolute atomic E-state index is 5.68. The summed E-state index contributed by atoms with van der Waals surface area (Å²) in [5.41, 5.74) is 3.71. The van der Waals surface area contributed by atoms with Crippen LogP contribution in [0.5, 0.6) is 5.75 Å². The second-order valence-electron chi connectivity index (χ2n) is 4.81. The van der Waals surface area contributed by atoms with E-state index in [2.05, 4.69) is 55.6 Å². The van der Waals surface area contributed by atoms with Gasteiger partial charge in [0.1, 0.15) is 5.75 Å². The quantitative estimate of drug-likeness (QED) is 0.782. The van der Waals surface area contributed by atoms with Gasteiger partial charge in [0.15, 0.2) is 0 Å². The van der Waals surface area contributed by atoms with E-state index in [9.17, 15) is 0 Å². The molecule has 0 aliphatic rings. The van der Waals surface area contributed by atoms with Crippen molar-refractivity contribution in [2.45, 2.75) is 20.3 Å². The molecule has 100 valence electrons. The first-order valence-electron chi connectivity index (χ1n) is 6.74. The van der Waals surface area contributed by atoms with Crippen molar-refractivity contribution in [3.8, 4) is 5.75 Å². The number of nitrogens with one attached hydrogen (secondary N) is 1. The van der Waals surface area contributed by atoms with Gasteiger partial charge in [0.25, 0.3) is 0 Å². The second-order valence-corrected chi connectivity index (χ2v) is 4.81. The Morgan fingerprint density at radius 3 is 2.47 bits per heavy atom. The van der Waals surface area contributed by atoms with E-state index in [1.54, 1.807) is 0 Å². The molecule has 0 bridgehead atoms. The van der Waals surface area contributed by atoms with Gasteiger partial charge in [0.05, 0.1) is 6.61 Å². The molecule has 0 atom stereocenters. The fourth-order valence-corrected chi connectivity index (χ4v) is 1.88. The highest BCUT2D eigenvalue weighted by Crippen LogP contribution is 2.12. The van der Waals surface area contributed by atoms with E-state index in [0.717, 1.165) is 25.3 Å². The Labute approximate surface area is 115 Å². The maximum atomic E-state index is 5.68. The third-order valence-electron chi connectivity index (χ3n) is 2.96. The number of ether oxygens (including phenoxy) is 1. The average molecular weight is 255 g/mol. The molecule has 1 N–H and O–H groups in total. The zero-order valence-electron chi connectivity index (χ0n) is 11.6. The molecule has 0 unspecified atom stereocenters. The summed E-state index contributed by atoms with van der Waals surface area (Å²) in [5.74, 6) is 0.946. The summed E-state index contributed by atoms with van der Waals surface area (Å²) in [5, 5.41) is 3.40. The zero-order valence-corrected chi connectivity index (χ0v) is 11.6. The first kappa shape index (κ1) is 13.5. The van der Waals surface area contributed by atoms with E-state index in [1.165, 1.54) is 16.8 Å². The van der Waals surface area contributed by atoms with Crippen molar-refractivity contribution in [3.05, 3.63) is 59.7 Å². The number of rotatable bonds is 6. The van der Waals surface area contributed by atoms with Gasteiger partial charge in [-0.25, -0.2) is 0 Å². The summed E-state index contributed by atoms with van der Waals surface area (Å²) in [7, 11) is 0. The summed E-state index contributed by atoms with van der Waals surface area (Å²) in [6.07, 6.45) is 0.988. The minimum Gasteiger partial charge on any atom is -0.494 e. The van der Waals surface area contributed by atoms with Crippen molar-refractivity contribution in [2.75, 3.05) is 18.5 Å². The molecule has 0 saturated carbocycles. The lowest BCUT2D eigenvalue weighted by atomic mass is 10.2. The third kappa shape index (κ3) is 4.66. The fourth-order valence-electron chi connectivity index (χ4n) is 1.88. The average Bonchev–Trinajstić information content (AvgIpc) is 2.41. The first-order valence-corrected chi connectivity index (χ1v) is 6.74. The van der Waals surface area contributed by atoms with E-state index >= 15 is 0 Å². The summed E-state index contributed by atoms with van der Waals surface area (Å²) < 4.78 is 5.68. The van der Waals surface area contributed by atoms with Crippen LogP contribution in [0, 0.1) is 13.8 Å². The van der Waals surface area contributed by atoms with Gasteiger partial charge >= 0.3 is 0 Å². The summed E-state index contributed by atoms with van der Waals surface area (Å²) in [6, 6.07) is 16.6. The fraction of sp³-hybridized carbons (Fsp3) is 0.294. The van der Waals surface area contributed by atoms with E-state index in [-0.39, 0.29) is 0 Å². The first-order chi connectivity index (χ1) is 9.24. The van der Waals surface area contributed by atoms with E-state index in [0.29, 0.717) is 0 Å². The lowest BCUT2D eigenvalue weighted by Gasteiger charge is -2.09. The highest BCUT2D eigenvalue weighted by atomic mass is 16.5. The standard InChI is InChI=1S/C17H21NO/c1-14-7-9-17(10-8-14)19-12-4-11-18-16-6-3-5-15(2)13-16/h3,5-10,13,18H,4,11-12H2,1-2H3. The van der Waals surface area contributed by atoms with Gasteiger partial charge in [0, 0.05) is 12.2 Å². The van der Waals surface area contributed by atoms with Crippen LogP contribution >= 0.6 is 0 Å². The van der Waals surface area contributed by atoms with Crippen LogP contribution in [0.25, 0.3) is 0 Å². The second kappa shape index (κ2) is 6.83. The molecule has 2 aromatic carbocycles. The highest BCUT2D eigenvalue weighted by Gasteiger charge is 1.94. The number of aryl methyl sites for hydroxylation is 2. The van der Waals surface area contributed by atoms with Gasteiger partial charge in [0.2, 0.25) is 0 Å². The topological polar surface area (TPSA) is 21.3 Å². The monoisotopic (exact) mass is 255 g/mol. The number of benzene rings is 2. The molecular formula is C17H21NO. The van der Waals surface area contributed by atoms with Crippen molar-refractivity contribution < 1.29 is 4.74 Å². The van der Waals surface area contributed by atoms with E-state index in [4.69, 9.17) is 4.74 Å². The molecule has 0 aromatic heterocycles. The molecule has 0 aliphatic carbocycles. The molecule has 2 aromatic rings. The Bertz CT molecular complexity index is 505. The minimum absolute atomic E-state index is 0.738. The van der Waals surface area contributed by atoms with Crippen LogP contribution in [-0.4, -0.2) is 13.2 Å². The van der Waals surface area contributed by atoms with Gasteiger partial charge in [-0.1, -0.05) is 29.8 Å². The van der Waals surface area contributed by atoms with E-state index < -0.39 is 0 Å². The largest absolute Gasteiger partial charge is 0.494 e.